The highest BCUT2D eigenvalue weighted by molar-refractivity contribution is 6.76. The van der Waals surface area contributed by atoms with Gasteiger partial charge in [0, 0.05) is 37.9 Å². The summed E-state index contributed by atoms with van der Waals surface area (Å²) in [5.74, 6) is -0.340. The lowest BCUT2D eigenvalue weighted by Gasteiger charge is -2.29. The van der Waals surface area contributed by atoms with Crippen LogP contribution in [-0.2, 0) is 26.3 Å². The molecule has 10 nitrogen and oxygen atoms in total. The monoisotopic (exact) mass is 606 g/mol. The quantitative estimate of drug-likeness (QED) is 0.152. The molecule has 1 aromatic heterocycles. The van der Waals surface area contributed by atoms with Gasteiger partial charge in [-0.15, -0.1) is 0 Å². The van der Waals surface area contributed by atoms with Crippen molar-refractivity contribution < 1.29 is 29.0 Å². The minimum Gasteiger partial charge on any atom is -0.489 e. The van der Waals surface area contributed by atoms with E-state index in [0.717, 1.165) is 33.1 Å². The molecule has 0 saturated carbocycles. The lowest BCUT2D eigenvalue weighted by molar-refractivity contribution is -0.134. The van der Waals surface area contributed by atoms with Gasteiger partial charge < -0.3 is 25.2 Å². The fraction of sp³-hybridized carbons (Fsp3) is 0.438. The molecule has 230 valence electrons. The van der Waals surface area contributed by atoms with Gasteiger partial charge in [0.05, 0.1) is 17.5 Å². The van der Waals surface area contributed by atoms with Gasteiger partial charge in [-0.05, 0) is 56.6 Å². The first-order valence-electron chi connectivity index (χ1n) is 14.5. The summed E-state index contributed by atoms with van der Waals surface area (Å²) in [6.07, 6.45) is 0. The molecule has 3 aromatic rings. The summed E-state index contributed by atoms with van der Waals surface area (Å²) in [6.45, 7) is 11.9. The Bertz CT molecular complexity index is 1490. The van der Waals surface area contributed by atoms with E-state index in [1.807, 2.05) is 37.3 Å². The molecule has 1 aliphatic rings. The van der Waals surface area contributed by atoms with Gasteiger partial charge in [-0.2, -0.15) is 0 Å². The summed E-state index contributed by atoms with van der Waals surface area (Å²) in [5, 5.41) is 16.7. The van der Waals surface area contributed by atoms with Crippen molar-refractivity contribution in [2.24, 2.45) is 0 Å². The van der Waals surface area contributed by atoms with E-state index in [1.165, 1.54) is 0 Å². The maximum absolute atomic E-state index is 13.4. The van der Waals surface area contributed by atoms with Crippen LogP contribution in [0.4, 0.5) is 4.79 Å². The number of aliphatic hydroxyl groups is 1. The summed E-state index contributed by atoms with van der Waals surface area (Å²) in [7, 11) is -1.31. The molecule has 1 aliphatic heterocycles. The minimum atomic E-state index is -1.33. The Morgan fingerprint density at radius 3 is 2.51 bits per heavy atom. The van der Waals surface area contributed by atoms with Crippen molar-refractivity contribution in [2.45, 2.75) is 64.0 Å². The van der Waals surface area contributed by atoms with E-state index in [9.17, 15) is 19.5 Å². The Balaban J connectivity index is 1.36. The average Bonchev–Trinajstić information content (AvgIpc) is 3.18. The number of aromatic nitrogens is 1. The second kappa shape index (κ2) is 12.8. The Hall–Kier alpha value is -3.80. The number of amides is 4. The number of nitrogens with one attached hydrogen (secondary N) is 2. The number of imide groups is 1. The number of urea groups is 1. The van der Waals surface area contributed by atoms with Crippen LogP contribution in [0.5, 0.6) is 5.75 Å². The van der Waals surface area contributed by atoms with E-state index < -0.39 is 43.5 Å². The zero-order chi connectivity index (χ0) is 31.4. The van der Waals surface area contributed by atoms with Crippen LogP contribution in [0, 0.1) is 6.92 Å². The van der Waals surface area contributed by atoms with Gasteiger partial charge in [-0.25, -0.2) is 9.69 Å². The molecule has 2 aromatic carbocycles. The normalized spacial score (nSPS) is 18.4. The average molecular weight is 607 g/mol. The fourth-order valence-corrected chi connectivity index (χ4v) is 5.62. The molecule has 0 radical (unpaired) electrons. The SMILES string of the molecule is Cc1cc(COc2ccc(C(C)(CO)C(=O)NCC3(C)NC(=O)N(COCC[Si](C)(C)C)C3=O)cc2)c2ccccc2n1. The van der Waals surface area contributed by atoms with Gasteiger partial charge in [-0.1, -0.05) is 50.0 Å². The number of aryl methyl sites for hydroxylation is 1. The predicted molar refractivity (Wildman–Crippen MR) is 167 cm³/mol. The fourth-order valence-electron chi connectivity index (χ4n) is 4.86. The van der Waals surface area contributed by atoms with Crippen molar-refractivity contribution >= 4 is 36.8 Å². The largest absolute Gasteiger partial charge is 0.489 e. The van der Waals surface area contributed by atoms with Crippen LogP contribution in [0.15, 0.2) is 54.6 Å². The van der Waals surface area contributed by atoms with Crippen LogP contribution in [-0.4, -0.2) is 72.9 Å². The van der Waals surface area contributed by atoms with Crippen molar-refractivity contribution in [1.29, 1.82) is 0 Å². The first-order valence-corrected chi connectivity index (χ1v) is 18.2. The number of carbonyl (C=O) groups excluding carboxylic acids is 3. The summed E-state index contributed by atoms with van der Waals surface area (Å²) in [6, 6.07) is 17.3. The maximum Gasteiger partial charge on any atom is 0.327 e. The van der Waals surface area contributed by atoms with E-state index in [1.54, 1.807) is 38.1 Å². The molecule has 0 aliphatic carbocycles. The Morgan fingerprint density at radius 2 is 1.84 bits per heavy atom. The number of hydrogen-bond donors (Lipinski definition) is 3. The molecule has 0 bridgehead atoms. The highest BCUT2D eigenvalue weighted by Crippen LogP contribution is 2.28. The smallest absolute Gasteiger partial charge is 0.327 e. The topological polar surface area (TPSA) is 130 Å². The van der Waals surface area contributed by atoms with Crippen molar-refractivity contribution in [3.63, 3.8) is 0 Å². The molecule has 1 saturated heterocycles. The van der Waals surface area contributed by atoms with Gasteiger partial charge in [0.15, 0.2) is 0 Å². The van der Waals surface area contributed by atoms with Crippen LogP contribution >= 0.6 is 0 Å². The Morgan fingerprint density at radius 1 is 1.14 bits per heavy atom. The molecule has 2 heterocycles. The third kappa shape index (κ3) is 7.41. The van der Waals surface area contributed by atoms with E-state index >= 15 is 0 Å². The molecule has 3 N–H and O–H groups in total. The number of ether oxygens (including phenoxy) is 2. The highest BCUT2D eigenvalue weighted by atomic mass is 28.3. The lowest BCUT2D eigenvalue weighted by atomic mass is 9.82. The summed E-state index contributed by atoms with van der Waals surface area (Å²) >= 11 is 0. The van der Waals surface area contributed by atoms with Crippen molar-refractivity contribution in [2.75, 3.05) is 26.5 Å². The molecule has 4 amide bonds. The van der Waals surface area contributed by atoms with Gasteiger partial charge in [-0.3, -0.25) is 14.6 Å². The first kappa shape index (κ1) is 32.1. The number of fused-ring (bicyclic) bond motifs is 1. The Labute approximate surface area is 253 Å². The minimum absolute atomic E-state index is 0.140. The standard InChI is InChI=1S/C32H42N4O6Si/c1-22-17-23(26-9-7-8-10-27(26)34-22)18-42-25-13-11-24(12-14-25)31(2,20-37)28(38)33-19-32(3)29(39)36(30(40)35-32)21-41-15-16-43(4,5)6/h7-14,17,37H,15-16,18-21H2,1-6H3,(H,33,38)(H,35,40). The van der Waals surface area contributed by atoms with E-state index in [4.69, 9.17) is 9.47 Å². The molecule has 11 heteroatoms. The van der Waals surface area contributed by atoms with E-state index in [-0.39, 0.29) is 13.3 Å². The Kier molecular flexibility index (Phi) is 9.58. The van der Waals surface area contributed by atoms with Crippen LogP contribution in [0.1, 0.15) is 30.7 Å². The van der Waals surface area contributed by atoms with Crippen LogP contribution in [0.2, 0.25) is 25.7 Å². The number of carbonyl (C=O) groups is 3. The second-order valence-corrected chi connectivity index (χ2v) is 18.4. The number of aliphatic hydroxyl groups excluding tert-OH is 1. The highest BCUT2D eigenvalue weighted by Gasteiger charge is 2.48. The van der Waals surface area contributed by atoms with Gasteiger partial charge in [0.2, 0.25) is 5.91 Å². The van der Waals surface area contributed by atoms with E-state index in [2.05, 4.69) is 35.3 Å². The number of nitrogens with zero attached hydrogens (tertiary/aromatic N) is 2. The molecular weight excluding hydrogens is 564 g/mol. The molecule has 4 rings (SSSR count). The zero-order valence-electron chi connectivity index (χ0n) is 25.8. The third-order valence-electron chi connectivity index (χ3n) is 7.80. The van der Waals surface area contributed by atoms with Gasteiger partial charge in [0.1, 0.15) is 24.6 Å². The molecule has 43 heavy (non-hydrogen) atoms. The van der Waals surface area contributed by atoms with Crippen molar-refractivity contribution in [3.05, 3.63) is 71.4 Å². The first-order chi connectivity index (χ1) is 20.3. The van der Waals surface area contributed by atoms with Crippen molar-refractivity contribution in [3.8, 4) is 5.75 Å². The molecule has 0 spiro atoms. The summed E-state index contributed by atoms with van der Waals surface area (Å²) in [4.78, 5) is 44.5. The number of benzene rings is 2. The number of para-hydroxylation sites is 1. The number of pyridine rings is 1. The third-order valence-corrected chi connectivity index (χ3v) is 9.50. The van der Waals surface area contributed by atoms with Crippen LogP contribution in [0.25, 0.3) is 10.9 Å². The van der Waals surface area contributed by atoms with Crippen molar-refractivity contribution in [1.82, 2.24) is 20.5 Å². The zero-order valence-corrected chi connectivity index (χ0v) is 26.8. The van der Waals surface area contributed by atoms with Gasteiger partial charge >= 0.3 is 6.03 Å². The van der Waals surface area contributed by atoms with Crippen LogP contribution in [0.3, 0.4) is 0 Å². The predicted octanol–water partition coefficient (Wildman–Crippen LogP) is 4.11. The molecule has 2 atom stereocenters. The summed E-state index contributed by atoms with van der Waals surface area (Å²) in [5.41, 5.74) is 0.785. The van der Waals surface area contributed by atoms with E-state index in [0.29, 0.717) is 24.5 Å². The number of rotatable bonds is 13. The lowest BCUT2D eigenvalue weighted by Crippen LogP contribution is -2.56. The summed E-state index contributed by atoms with van der Waals surface area (Å²) < 4.78 is 11.7. The maximum atomic E-state index is 13.4. The van der Waals surface area contributed by atoms with Crippen LogP contribution < -0.4 is 15.4 Å². The number of hydrogen-bond acceptors (Lipinski definition) is 7. The molecular formula is C32H42N4O6Si. The molecule has 1 fully saturated rings. The van der Waals surface area contributed by atoms with Gasteiger partial charge in [0.25, 0.3) is 5.91 Å². The molecule has 2 unspecified atom stereocenters. The second-order valence-electron chi connectivity index (χ2n) is 12.8.